The number of phenols is 1. The molecule has 182 valence electrons. The summed E-state index contributed by atoms with van der Waals surface area (Å²) in [6, 6.07) is 25.1. The van der Waals surface area contributed by atoms with Crippen molar-refractivity contribution in [2.24, 2.45) is 0 Å². The Balaban J connectivity index is 1.40. The van der Waals surface area contributed by atoms with Crippen LogP contribution in [0.3, 0.4) is 0 Å². The SMILES string of the molecule is CO[C@H]1O[C@@H]2COC(c3ccccc3)O[C@H]2[C@H](OCc2ccccc2)[C@@]12OCc1cc(O)ccc12. The van der Waals surface area contributed by atoms with Crippen molar-refractivity contribution in [3.63, 3.8) is 0 Å². The molecule has 3 aromatic rings. The third-order valence-corrected chi connectivity index (χ3v) is 6.96. The molecule has 0 radical (unpaired) electrons. The molecule has 3 aliphatic rings. The van der Waals surface area contributed by atoms with Crippen LogP contribution in [0.5, 0.6) is 5.75 Å². The molecule has 35 heavy (non-hydrogen) atoms. The molecule has 0 aliphatic carbocycles. The molecular weight excluding hydrogens is 448 g/mol. The zero-order chi connectivity index (χ0) is 23.8. The largest absolute Gasteiger partial charge is 0.508 e. The van der Waals surface area contributed by atoms with E-state index >= 15 is 0 Å². The Morgan fingerprint density at radius 1 is 0.971 bits per heavy atom. The number of ether oxygens (including phenoxy) is 6. The third kappa shape index (κ3) is 3.94. The number of methoxy groups -OCH3 is 1. The van der Waals surface area contributed by atoms with E-state index in [0.717, 1.165) is 22.3 Å². The van der Waals surface area contributed by atoms with Gasteiger partial charge in [-0.1, -0.05) is 66.7 Å². The fourth-order valence-corrected chi connectivity index (χ4v) is 5.35. The van der Waals surface area contributed by atoms with E-state index < -0.39 is 36.5 Å². The van der Waals surface area contributed by atoms with E-state index in [0.29, 0.717) is 19.8 Å². The molecule has 1 unspecified atom stereocenters. The minimum atomic E-state index is -1.08. The quantitative estimate of drug-likeness (QED) is 0.592. The number of hydrogen-bond donors (Lipinski definition) is 1. The Kier molecular flexibility index (Phi) is 6.06. The summed E-state index contributed by atoms with van der Waals surface area (Å²) in [5.41, 5.74) is 2.62. The van der Waals surface area contributed by atoms with E-state index in [9.17, 15) is 5.11 Å². The fraction of sp³-hybridized carbons (Fsp3) is 0.357. The lowest BCUT2D eigenvalue weighted by Gasteiger charge is -2.53. The summed E-state index contributed by atoms with van der Waals surface area (Å²) >= 11 is 0. The highest BCUT2D eigenvalue weighted by atomic mass is 16.8. The molecule has 3 heterocycles. The van der Waals surface area contributed by atoms with Crippen molar-refractivity contribution in [3.8, 4) is 5.75 Å². The Morgan fingerprint density at radius 3 is 2.51 bits per heavy atom. The van der Waals surface area contributed by atoms with Crippen molar-refractivity contribution < 1.29 is 33.5 Å². The third-order valence-electron chi connectivity index (χ3n) is 6.96. The van der Waals surface area contributed by atoms with Crippen LogP contribution in [0.2, 0.25) is 0 Å². The van der Waals surface area contributed by atoms with Crippen molar-refractivity contribution in [2.45, 2.75) is 49.7 Å². The average molecular weight is 477 g/mol. The van der Waals surface area contributed by atoms with Crippen LogP contribution in [0.1, 0.15) is 28.5 Å². The molecule has 1 N–H and O–H groups in total. The molecule has 7 heteroatoms. The number of hydrogen-bond acceptors (Lipinski definition) is 7. The van der Waals surface area contributed by atoms with Crippen LogP contribution < -0.4 is 0 Å². The highest BCUT2D eigenvalue weighted by molar-refractivity contribution is 5.43. The number of fused-ring (bicyclic) bond motifs is 3. The summed E-state index contributed by atoms with van der Waals surface area (Å²) in [6.07, 6.45) is -2.76. The smallest absolute Gasteiger partial charge is 0.193 e. The molecule has 2 saturated heterocycles. The van der Waals surface area contributed by atoms with E-state index in [-0.39, 0.29) is 5.75 Å². The van der Waals surface area contributed by atoms with E-state index in [2.05, 4.69) is 0 Å². The van der Waals surface area contributed by atoms with Gasteiger partial charge in [-0.3, -0.25) is 0 Å². The van der Waals surface area contributed by atoms with Crippen LogP contribution in [-0.2, 0) is 47.2 Å². The maximum atomic E-state index is 10.1. The van der Waals surface area contributed by atoms with Crippen LogP contribution in [0.4, 0.5) is 0 Å². The van der Waals surface area contributed by atoms with E-state index in [1.165, 1.54) is 0 Å². The van der Waals surface area contributed by atoms with Gasteiger partial charge in [-0.15, -0.1) is 0 Å². The summed E-state index contributed by atoms with van der Waals surface area (Å²) in [4.78, 5) is 0. The lowest BCUT2D eigenvalue weighted by atomic mass is 9.79. The first-order valence-corrected chi connectivity index (χ1v) is 11.8. The zero-order valence-electron chi connectivity index (χ0n) is 19.4. The Hall–Kier alpha value is -2.78. The number of aromatic hydroxyl groups is 1. The molecule has 0 bridgehead atoms. The molecule has 3 aromatic carbocycles. The van der Waals surface area contributed by atoms with Gasteiger partial charge in [0, 0.05) is 12.7 Å². The van der Waals surface area contributed by atoms with Gasteiger partial charge in [-0.25, -0.2) is 0 Å². The van der Waals surface area contributed by atoms with Crippen LogP contribution in [0.15, 0.2) is 78.9 Å². The topological polar surface area (TPSA) is 75.6 Å². The lowest BCUT2D eigenvalue weighted by Crippen LogP contribution is -2.67. The minimum Gasteiger partial charge on any atom is -0.508 e. The predicted molar refractivity (Wildman–Crippen MR) is 125 cm³/mol. The van der Waals surface area contributed by atoms with Gasteiger partial charge in [0.2, 0.25) is 0 Å². The Bertz CT molecular complexity index is 1150. The van der Waals surface area contributed by atoms with Gasteiger partial charge in [0.1, 0.15) is 24.1 Å². The lowest BCUT2D eigenvalue weighted by molar-refractivity contribution is -0.398. The summed E-state index contributed by atoms with van der Waals surface area (Å²) < 4.78 is 38.0. The van der Waals surface area contributed by atoms with Crippen LogP contribution in [-0.4, -0.2) is 43.4 Å². The average Bonchev–Trinajstić information content (AvgIpc) is 3.27. The van der Waals surface area contributed by atoms with Gasteiger partial charge < -0.3 is 33.5 Å². The zero-order valence-corrected chi connectivity index (χ0v) is 19.4. The van der Waals surface area contributed by atoms with Crippen molar-refractivity contribution in [1.29, 1.82) is 0 Å². The standard InChI is InChI=1S/C28H28O7/c1-30-27-28(22-13-12-21(29)14-20(22)16-33-28)25(31-15-18-8-4-2-5-9-18)24-23(34-27)17-32-26(35-24)19-10-6-3-7-11-19/h2-14,23-27,29H,15-17H2,1H3/t23-,24-,25+,26?,27+,28-/m1/s1. The molecule has 7 nitrogen and oxygen atoms in total. The summed E-state index contributed by atoms with van der Waals surface area (Å²) in [5.74, 6) is 0.182. The van der Waals surface area contributed by atoms with Gasteiger partial charge in [0.05, 0.1) is 19.8 Å². The van der Waals surface area contributed by atoms with Crippen molar-refractivity contribution in [3.05, 3.63) is 101 Å². The van der Waals surface area contributed by atoms with E-state index in [4.69, 9.17) is 28.4 Å². The van der Waals surface area contributed by atoms with Gasteiger partial charge >= 0.3 is 0 Å². The second kappa shape index (κ2) is 9.35. The molecule has 2 fully saturated rings. The highest BCUT2D eigenvalue weighted by Gasteiger charge is 2.64. The molecule has 6 rings (SSSR count). The Morgan fingerprint density at radius 2 is 1.74 bits per heavy atom. The summed E-state index contributed by atoms with van der Waals surface area (Å²) in [5, 5.41) is 10.1. The molecule has 0 aromatic heterocycles. The van der Waals surface area contributed by atoms with Crippen LogP contribution >= 0.6 is 0 Å². The highest BCUT2D eigenvalue weighted by Crippen LogP contribution is 2.51. The molecule has 6 atom stereocenters. The maximum absolute atomic E-state index is 10.1. The summed E-state index contributed by atoms with van der Waals surface area (Å²) in [7, 11) is 1.60. The molecule has 0 saturated carbocycles. The summed E-state index contributed by atoms with van der Waals surface area (Å²) in [6.45, 7) is 0.992. The first-order valence-electron chi connectivity index (χ1n) is 11.8. The van der Waals surface area contributed by atoms with Crippen molar-refractivity contribution >= 4 is 0 Å². The van der Waals surface area contributed by atoms with Crippen LogP contribution in [0, 0.1) is 0 Å². The Labute approximate surface area is 204 Å². The molecule has 0 amide bonds. The number of rotatable bonds is 5. The van der Waals surface area contributed by atoms with Crippen molar-refractivity contribution in [1.82, 2.24) is 0 Å². The second-order valence-electron chi connectivity index (χ2n) is 9.06. The molecule has 1 spiro atoms. The molecular formula is C28H28O7. The predicted octanol–water partition coefficient (Wildman–Crippen LogP) is 4.19. The first kappa shape index (κ1) is 22.7. The maximum Gasteiger partial charge on any atom is 0.193 e. The van der Waals surface area contributed by atoms with E-state index in [1.807, 2.05) is 66.7 Å². The number of benzene rings is 3. The van der Waals surface area contributed by atoms with Gasteiger partial charge in [0.25, 0.3) is 0 Å². The van der Waals surface area contributed by atoms with Crippen LogP contribution in [0.25, 0.3) is 0 Å². The first-order chi connectivity index (χ1) is 17.2. The van der Waals surface area contributed by atoms with Gasteiger partial charge in [-0.2, -0.15) is 0 Å². The number of phenolic OH excluding ortho intramolecular Hbond substituents is 1. The fourth-order valence-electron chi connectivity index (χ4n) is 5.35. The minimum absolute atomic E-state index is 0.182. The second-order valence-corrected chi connectivity index (χ2v) is 9.06. The van der Waals surface area contributed by atoms with Gasteiger partial charge in [-0.05, 0) is 28.8 Å². The normalized spacial score (nSPS) is 31.7. The molecule has 3 aliphatic heterocycles. The van der Waals surface area contributed by atoms with Crippen molar-refractivity contribution in [2.75, 3.05) is 13.7 Å². The van der Waals surface area contributed by atoms with E-state index in [1.54, 1.807) is 19.2 Å². The van der Waals surface area contributed by atoms with Gasteiger partial charge in [0.15, 0.2) is 18.2 Å². The monoisotopic (exact) mass is 476 g/mol.